The van der Waals surface area contributed by atoms with Crippen molar-refractivity contribution >= 4 is 28.9 Å². The van der Waals surface area contributed by atoms with Crippen LogP contribution < -0.4 is 9.47 Å². The molecule has 2 rings (SSSR count). The molecule has 0 aromatic heterocycles. The first kappa shape index (κ1) is 23.1. The molecule has 1 aliphatic rings. The Kier molecular flexibility index (Phi) is 7.59. The monoisotopic (exact) mass is 412 g/mol. The number of carbonyl (C=O) groups is 1. The van der Waals surface area contributed by atoms with Gasteiger partial charge in [-0.3, -0.25) is 4.79 Å². The molecule has 0 aliphatic heterocycles. The minimum Gasteiger partial charge on any atom is -0.491 e. The molecule has 0 unspecified atom stereocenters. The van der Waals surface area contributed by atoms with Gasteiger partial charge in [-0.25, -0.2) is 0 Å². The minimum absolute atomic E-state index is 0.00948. The summed E-state index contributed by atoms with van der Waals surface area (Å²) in [6.07, 6.45) is 9.61. The summed E-state index contributed by atoms with van der Waals surface area (Å²) in [4.78, 5) is 13.4. The molecule has 4 heteroatoms. The highest BCUT2D eigenvalue weighted by Gasteiger charge is 2.23. The summed E-state index contributed by atoms with van der Waals surface area (Å²) in [5, 5.41) is 0. The quantitative estimate of drug-likeness (QED) is 0.384. The van der Waals surface area contributed by atoms with Gasteiger partial charge in [0.05, 0.1) is 12.2 Å². The zero-order chi connectivity index (χ0) is 21.8. The standard InChI is InChI=1S/C25H32O3S/c1-16(2)27-23-15-24(28-17(3)4)21(25(5,6)7)14-19(23)10-13-22(26)18-8-11-20(29)12-9-18/h8-11,13-17H,12H2,1-7H3. The first-order chi connectivity index (χ1) is 13.5. The van der Waals surface area contributed by atoms with Crippen molar-refractivity contribution in [3.63, 3.8) is 0 Å². The van der Waals surface area contributed by atoms with E-state index in [0.29, 0.717) is 17.7 Å². The Labute approximate surface area is 180 Å². The molecule has 0 heterocycles. The van der Waals surface area contributed by atoms with Gasteiger partial charge in [-0.1, -0.05) is 45.1 Å². The van der Waals surface area contributed by atoms with Crippen LogP contribution in [0.15, 0.2) is 42.0 Å². The average molecular weight is 413 g/mol. The summed E-state index contributed by atoms with van der Waals surface area (Å²) in [6, 6.07) is 4.02. The zero-order valence-electron chi connectivity index (χ0n) is 18.5. The van der Waals surface area contributed by atoms with Gasteiger partial charge in [0.25, 0.3) is 0 Å². The Hall–Kier alpha value is -2.20. The first-order valence-electron chi connectivity index (χ1n) is 10.1. The lowest BCUT2D eigenvalue weighted by Crippen LogP contribution is -2.17. The van der Waals surface area contributed by atoms with Gasteiger partial charge in [0.2, 0.25) is 0 Å². The van der Waals surface area contributed by atoms with E-state index in [1.807, 2.05) is 52.0 Å². The summed E-state index contributed by atoms with van der Waals surface area (Å²) in [5.41, 5.74) is 2.50. The highest BCUT2D eigenvalue weighted by atomic mass is 32.1. The summed E-state index contributed by atoms with van der Waals surface area (Å²) < 4.78 is 12.1. The number of benzene rings is 1. The van der Waals surface area contributed by atoms with Gasteiger partial charge in [-0.05, 0) is 57.4 Å². The molecule has 1 aliphatic carbocycles. The van der Waals surface area contributed by atoms with Crippen molar-refractivity contribution in [1.82, 2.24) is 0 Å². The Balaban J connectivity index is 2.46. The predicted molar refractivity (Wildman–Crippen MR) is 125 cm³/mol. The molecule has 0 amide bonds. The molecular weight excluding hydrogens is 380 g/mol. The third kappa shape index (κ3) is 6.67. The van der Waals surface area contributed by atoms with Gasteiger partial charge < -0.3 is 9.47 Å². The Bertz CT molecular complexity index is 865. The van der Waals surface area contributed by atoms with Gasteiger partial charge in [-0.2, -0.15) is 0 Å². The van der Waals surface area contributed by atoms with Gasteiger partial charge in [-0.15, -0.1) is 0 Å². The number of thiocarbonyl (C=S) groups is 1. The fraction of sp³-hybridized carbons (Fsp3) is 0.440. The molecule has 1 aromatic rings. The highest BCUT2D eigenvalue weighted by molar-refractivity contribution is 7.80. The molecule has 3 nitrogen and oxygen atoms in total. The van der Waals surface area contributed by atoms with Crippen molar-refractivity contribution in [2.75, 3.05) is 0 Å². The van der Waals surface area contributed by atoms with E-state index >= 15 is 0 Å². The summed E-state index contributed by atoms with van der Waals surface area (Å²) in [7, 11) is 0. The summed E-state index contributed by atoms with van der Waals surface area (Å²) in [6.45, 7) is 14.4. The molecular formula is C25H32O3S. The number of rotatable bonds is 7. The van der Waals surface area contributed by atoms with Gasteiger partial charge >= 0.3 is 0 Å². The average Bonchev–Trinajstić information content (AvgIpc) is 2.59. The second-order valence-corrected chi connectivity index (χ2v) is 9.35. The molecule has 0 fully saturated rings. The molecule has 0 atom stereocenters. The van der Waals surface area contributed by atoms with E-state index in [-0.39, 0.29) is 23.4 Å². The highest BCUT2D eigenvalue weighted by Crippen LogP contribution is 2.38. The van der Waals surface area contributed by atoms with Crippen LogP contribution in [0.3, 0.4) is 0 Å². The first-order valence-corrected chi connectivity index (χ1v) is 10.5. The lowest BCUT2D eigenvalue weighted by molar-refractivity contribution is -0.111. The van der Waals surface area contributed by atoms with Gasteiger partial charge in [0.15, 0.2) is 5.78 Å². The largest absolute Gasteiger partial charge is 0.491 e. The molecule has 0 saturated carbocycles. The molecule has 156 valence electrons. The third-order valence-corrected chi connectivity index (χ3v) is 4.62. The van der Waals surface area contributed by atoms with E-state index in [1.165, 1.54) is 0 Å². The van der Waals surface area contributed by atoms with Crippen LogP contribution in [-0.2, 0) is 10.2 Å². The van der Waals surface area contributed by atoms with Crippen LogP contribution in [0.25, 0.3) is 6.08 Å². The van der Waals surface area contributed by atoms with Crippen molar-refractivity contribution in [3.05, 3.63) is 53.1 Å². The molecule has 1 aromatic carbocycles. The second-order valence-electron chi connectivity index (χ2n) is 8.83. The van der Waals surface area contributed by atoms with Crippen LogP contribution >= 0.6 is 12.2 Å². The lowest BCUT2D eigenvalue weighted by Gasteiger charge is -2.26. The van der Waals surface area contributed by atoms with Crippen molar-refractivity contribution < 1.29 is 14.3 Å². The van der Waals surface area contributed by atoms with E-state index in [2.05, 4.69) is 26.8 Å². The van der Waals surface area contributed by atoms with Crippen molar-refractivity contribution in [2.45, 2.75) is 72.5 Å². The van der Waals surface area contributed by atoms with Crippen LogP contribution in [0.2, 0.25) is 0 Å². The van der Waals surface area contributed by atoms with E-state index in [4.69, 9.17) is 21.7 Å². The Morgan fingerprint density at radius 2 is 1.66 bits per heavy atom. The molecule has 29 heavy (non-hydrogen) atoms. The minimum atomic E-state index is -0.114. The zero-order valence-corrected chi connectivity index (χ0v) is 19.4. The summed E-state index contributed by atoms with van der Waals surface area (Å²) >= 11 is 5.15. The van der Waals surface area contributed by atoms with Crippen LogP contribution in [0.5, 0.6) is 11.5 Å². The molecule has 0 radical (unpaired) electrons. The number of hydrogen-bond donors (Lipinski definition) is 0. The van der Waals surface area contributed by atoms with Gasteiger partial charge in [0.1, 0.15) is 11.5 Å². The number of allylic oxidation sites excluding steroid dienone is 5. The third-order valence-electron chi connectivity index (χ3n) is 4.32. The number of carbonyl (C=O) groups excluding carboxylic acids is 1. The van der Waals surface area contributed by atoms with Crippen LogP contribution in [-0.4, -0.2) is 22.9 Å². The normalized spacial score (nSPS) is 14.7. The van der Waals surface area contributed by atoms with Crippen LogP contribution in [0.4, 0.5) is 0 Å². The SMILES string of the molecule is CC(C)Oc1cc(OC(C)C)c(C(C)(C)C)cc1C=CC(=O)C1=CCC(=S)C=C1. The maximum Gasteiger partial charge on any atom is 0.185 e. The summed E-state index contributed by atoms with van der Waals surface area (Å²) in [5.74, 6) is 1.49. The van der Waals surface area contributed by atoms with Crippen molar-refractivity contribution in [3.8, 4) is 11.5 Å². The van der Waals surface area contributed by atoms with Crippen LogP contribution in [0.1, 0.15) is 66.0 Å². The van der Waals surface area contributed by atoms with E-state index < -0.39 is 0 Å². The number of ether oxygens (including phenoxy) is 2. The van der Waals surface area contributed by atoms with Crippen molar-refractivity contribution in [2.24, 2.45) is 0 Å². The van der Waals surface area contributed by atoms with Crippen molar-refractivity contribution in [1.29, 1.82) is 0 Å². The maximum absolute atomic E-state index is 12.6. The lowest BCUT2D eigenvalue weighted by atomic mass is 9.85. The fourth-order valence-corrected chi connectivity index (χ4v) is 3.13. The van der Waals surface area contributed by atoms with Crippen LogP contribution in [0, 0.1) is 0 Å². The molecule has 0 saturated heterocycles. The molecule has 0 N–H and O–H groups in total. The Morgan fingerprint density at radius 1 is 1.03 bits per heavy atom. The van der Waals surface area contributed by atoms with E-state index in [1.54, 1.807) is 12.2 Å². The molecule has 0 bridgehead atoms. The maximum atomic E-state index is 12.6. The fourth-order valence-electron chi connectivity index (χ4n) is 2.98. The number of hydrogen-bond acceptors (Lipinski definition) is 4. The van der Waals surface area contributed by atoms with E-state index in [0.717, 1.165) is 21.7 Å². The van der Waals surface area contributed by atoms with Gasteiger partial charge in [0, 0.05) is 34.1 Å². The second kappa shape index (κ2) is 9.53. The predicted octanol–water partition coefficient (Wildman–Crippen LogP) is 6.40. The topological polar surface area (TPSA) is 35.5 Å². The smallest absolute Gasteiger partial charge is 0.185 e. The number of ketones is 1. The van der Waals surface area contributed by atoms with E-state index in [9.17, 15) is 4.79 Å². The Morgan fingerprint density at radius 3 is 2.17 bits per heavy atom. The molecule has 0 spiro atoms.